The second-order valence-electron chi connectivity index (χ2n) is 6.24. The van der Waals surface area contributed by atoms with Crippen molar-refractivity contribution in [1.29, 1.82) is 0 Å². The van der Waals surface area contributed by atoms with E-state index < -0.39 is 0 Å². The van der Waals surface area contributed by atoms with Crippen LogP contribution in [-0.2, 0) is 16.6 Å². The predicted octanol–water partition coefficient (Wildman–Crippen LogP) is 0.128. The molecule has 23 heavy (non-hydrogen) atoms. The molecule has 0 saturated carbocycles. The van der Waals surface area contributed by atoms with Crippen LogP contribution in [0.2, 0.25) is 0 Å². The molecule has 1 fully saturated rings. The molecule has 2 atom stereocenters. The SMILES string of the molecule is CC(C)NC(=O)CN(C)C(=O)[C@H]1CNC[C@@H]1c1cnn(C)c1.Cl. The van der Waals surface area contributed by atoms with E-state index in [1.807, 2.05) is 33.3 Å². The van der Waals surface area contributed by atoms with Crippen molar-refractivity contribution >= 4 is 24.2 Å². The highest BCUT2D eigenvalue weighted by molar-refractivity contribution is 5.86. The molecule has 0 aliphatic carbocycles. The minimum absolute atomic E-state index is 0. The van der Waals surface area contributed by atoms with Crippen molar-refractivity contribution in [2.75, 3.05) is 26.7 Å². The highest BCUT2D eigenvalue weighted by Gasteiger charge is 2.36. The molecule has 8 heteroatoms. The zero-order valence-electron chi connectivity index (χ0n) is 14.1. The summed E-state index contributed by atoms with van der Waals surface area (Å²) < 4.78 is 1.75. The average Bonchev–Trinajstić information content (AvgIpc) is 3.04. The lowest BCUT2D eigenvalue weighted by Crippen LogP contribution is -2.44. The molecule has 0 aromatic carbocycles. The van der Waals surface area contributed by atoms with Crippen molar-refractivity contribution < 1.29 is 9.59 Å². The molecule has 2 heterocycles. The normalized spacial score (nSPS) is 20.2. The molecule has 1 aliphatic rings. The van der Waals surface area contributed by atoms with Crippen LogP contribution in [0.15, 0.2) is 12.4 Å². The van der Waals surface area contributed by atoms with E-state index in [1.54, 1.807) is 11.7 Å². The van der Waals surface area contributed by atoms with Crippen LogP contribution >= 0.6 is 12.4 Å². The molecule has 1 aromatic rings. The number of nitrogens with zero attached hydrogens (tertiary/aromatic N) is 3. The highest BCUT2D eigenvalue weighted by Crippen LogP contribution is 2.28. The molecule has 2 rings (SSSR count). The van der Waals surface area contributed by atoms with Gasteiger partial charge in [0.25, 0.3) is 0 Å². The summed E-state index contributed by atoms with van der Waals surface area (Å²) in [6.07, 6.45) is 3.76. The van der Waals surface area contributed by atoms with Gasteiger partial charge in [0.05, 0.1) is 18.7 Å². The van der Waals surface area contributed by atoms with Crippen molar-refractivity contribution in [3.63, 3.8) is 0 Å². The Morgan fingerprint density at radius 1 is 1.48 bits per heavy atom. The van der Waals surface area contributed by atoms with Crippen LogP contribution in [0.1, 0.15) is 25.3 Å². The van der Waals surface area contributed by atoms with Gasteiger partial charge in [-0.3, -0.25) is 14.3 Å². The van der Waals surface area contributed by atoms with Gasteiger partial charge in [0.15, 0.2) is 0 Å². The Morgan fingerprint density at radius 2 is 2.17 bits per heavy atom. The lowest BCUT2D eigenvalue weighted by molar-refractivity contribution is -0.138. The number of hydrogen-bond donors (Lipinski definition) is 2. The second kappa shape index (κ2) is 8.31. The summed E-state index contributed by atoms with van der Waals surface area (Å²) in [7, 11) is 3.55. The number of rotatable bonds is 5. The highest BCUT2D eigenvalue weighted by atomic mass is 35.5. The first-order valence-corrected chi connectivity index (χ1v) is 7.62. The number of hydrogen-bond acceptors (Lipinski definition) is 4. The Hall–Kier alpha value is -1.60. The third-order valence-corrected chi connectivity index (χ3v) is 3.89. The number of aryl methyl sites for hydroxylation is 1. The summed E-state index contributed by atoms with van der Waals surface area (Å²) in [4.78, 5) is 26.0. The number of aromatic nitrogens is 2. The molecule has 0 unspecified atom stereocenters. The Morgan fingerprint density at radius 3 is 2.74 bits per heavy atom. The molecular formula is C15H26ClN5O2. The maximum atomic E-state index is 12.6. The third kappa shape index (κ3) is 4.94. The van der Waals surface area contributed by atoms with Crippen LogP contribution in [0.4, 0.5) is 0 Å². The van der Waals surface area contributed by atoms with Gasteiger partial charge in [0.1, 0.15) is 0 Å². The third-order valence-electron chi connectivity index (χ3n) is 3.89. The lowest BCUT2D eigenvalue weighted by Gasteiger charge is -2.24. The smallest absolute Gasteiger partial charge is 0.239 e. The van der Waals surface area contributed by atoms with Crippen LogP contribution in [-0.4, -0.2) is 59.2 Å². The van der Waals surface area contributed by atoms with E-state index in [4.69, 9.17) is 0 Å². The van der Waals surface area contributed by atoms with Gasteiger partial charge in [-0.15, -0.1) is 12.4 Å². The van der Waals surface area contributed by atoms with Crippen LogP contribution in [0, 0.1) is 5.92 Å². The summed E-state index contributed by atoms with van der Waals surface area (Å²) in [5, 5.41) is 10.3. The maximum absolute atomic E-state index is 12.6. The molecule has 0 radical (unpaired) electrons. The maximum Gasteiger partial charge on any atom is 0.239 e. The van der Waals surface area contributed by atoms with E-state index in [9.17, 15) is 9.59 Å². The first kappa shape index (κ1) is 19.4. The Balaban J connectivity index is 0.00000264. The topological polar surface area (TPSA) is 79.3 Å². The Bertz CT molecular complexity index is 546. The summed E-state index contributed by atoms with van der Waals surface area (Å²) in [6.45, 7) is 5.29. The van der Waals surface area contributed by atoms with E-state index in [0.717, 1.165) is 12.1 Å². The quantitative estimate of drug-likeness (QED) is 0.796. The van der Waals surface area contributed by atoms with Crippen molar-refractivity contribution in [1.82, 2.24) is 25.3 Å². The standard InChI is InChI=1S/C15H25N5O2.ClH/c1-10(2)18-14(21)9-19(3)15(22)13-7-16-6-12(13)11-5-17-20(4)8-11;/h5,8,10,12-13,16H,6-7,9H2,1-4H3,(H,18,21);1H/t12-,13+;/m1./s1. The second-order valence-corrected chi connectivity index (χ2v) is 6.24. The number of halogens is 1. The van der Waals surface area contributed by atoms with E-state index in [-0.39, 0.29) is 48.6 Å². The summed E-state index contributed by atoms with van der Waals surface area (Å²) in [5.41, 5.74) is 1.06. The fourth-order valence-corrected chi connectivity index (χ4v) is 2.86. The van der Waals surface area contributed by atoms with Gasteiger partial charge in [-0.1, -0.05) is 0 Å². The van der Waals surface area contributed by atoms with Crippen LogP contribution in [0.5, 0.6) is 0 Å². The molecule has 130 valence electrons. The van der Waals surface area contributed by atoms with Gasteiger partial charge in [0, 0.05) is 45.3 Å². The van der Waals surface area contributed by atoms with Gasteiger partial charge in [0.2, 0.25) is 11.8 Å². The molecule has 0 spiro atoms. The Labute approximate surface area is 143 Å². The minimum Gasteiger partial charge on any atom is -0.352 e. The zero-order valence-corrected chi connectivity index (χ0v) is 14.9. The molecule has 1 saturated heterocycles. The fourth-order valence-electron chi connectivity index (χ4n) is 2.86. The van der Waals surface area contributed by atoms with Crippen molar-refractivity contribution in [2.24, 2.45) is 13.0 Å². The van der Waals surface area contributed by atoms with Gasteiger partial charge >= 0.3 is 0 Å². The van der Waals surface area contributed by atoms with E-state index >= 15 is 0 Å². The van der Waals surface area contributed by atoms with Crippen molar-refractivity contribution in [2.45, 2.75) is 25.8 Å². The number of carbonyl (C=O) groups excluding carboxylic acids is 2. The largest absolute Gasteiger partial charge is 0.352 e. The van der Waals surface area contributed by atoms with E-state index in [1.165, 1.54) is 4.90 Å². The first-order chi connectivity index (χ1) is 10.4. The van der Waals surface area contributed by atoms with Crippen molar-refractivity contribution in [3.05, 3.63) is 18.0 Å². The van der Waals surface area contributed by atoms with E-state index in [2.05, 4.69) is 15.7 Å². The van der Waals surface area contributed by atoms with Crippen LogP contribution in [0.25, 0.3) is 0 Å². The first-order valence-electron chi connectivity index (χ1n) is 7.62. The zero-order chi connectivity index (χ0) is 16.3. The Kier molecular flexibility index (Phi) is 7.02. The number of likely N-dealkylation sites (N-methyl/N-ethyl adjacent to an activating group) is 1. The molecule has 1 aromatic heterocycles. The van der Waals surface area contributed by atoms with Gasteiger partial charge < -0.3 is 15.5 Å². The number of amides is 2. The van der Waals surface area contributed by atoms with Crippen molar-refractivity contribution in [3.8, 4) is 0 Å². The molecule has 2 amide bonds. The monoisotopic (exact) mass is 343 g/mol. The average molecular weight is 344 g/mol. The van der Waals surface area contributed by atoms with Gasteiger partial charge in [-0.2, -0.15) is 5.10 Å². The predicted molar refractivity (Wildman–Crippen MR) is 90.5 cm³/mol. The fraction of sp³-hybridized carbons (Fsp3) is 0.667. The molecule has 1 aliphatic heterocycles. The van der Waals surface area contributed by atoms with E-state index in [0.29, 0.717) is 6.54 Å². The summed E-state index contributed by atoms with van der Waals surface area (Å²) in [6, 6.07) is 0.0762. The molecule has 2 N–H and O–H groups in total. The molecule has 0 bridgehead atoms. The van der Waals surface area contributed by atoms with Crippen LogP contribution in [0.3, 0.4) is 0 Å². The molecule has 7 nitrogen and oxygen atoms in total. The number of carbonyl (C=O) groups is 2. The minimum atomic E-state index is -0.152. The van der Waals surface area contributed by atoms with Crippen LogP contribution < -0.4 is 10.6 Å². The number of nitrogens with one attached hydrogen (secondary N) is 2. The lowest BCUT2D eigenvalue weighted by atomic mass is 9.90. The summed E-state index contributed by atoms with van der Waals surface area (Å²) in [5.74, 6) is -0.176. The van der Waals surface area contributed by atoms with Gasteiger partial charge in [-0.25, -0.2) is 0 Å². The summed E-state index contributed by atoms with van der Waals surface area (Å²) >= 11 is 0. The molecular weight excluding hydrogens is 318 g/mol. The van der Waals surface area contributed by atoms with Gasteiger partial charge in [-0.05, 0) is 19.4 Å².